The van der Waals surface area contributed by atoms with Gasteiger partial charge >= 0.3 is 12.2 Å². The largest absolute Gasteiger partial charge is 0.870 e. The van der Waals surface area contributed by atoms with Crippen LogP contribution in [0.3, 0.4) is 0 Å². The van der Waals surface area contributed by atoms with E-state index in [2.05, 4.69) is 15.1 Å². The Morgan fingerprint density at radius 3 is 2.40 bits per heavy atom. The highest BCUT2D eigenvalue weighted by Gasteiger charge is 2.55. The molecule has 378 valence electrons. The van der Waals surface area contributed by atoms with E-state index in [1.807, 2.05) is 0 Å². The number of methoxy groups -OCH3 is 2. The number of aliphatic hydroxyl groups is 1. The summed E-state index contributed by atoms with van der Waals surface area (Å²) >= 11 is 0. The van der Waals surface area contributed by atoms with Crippen molar-refractivity contribution in [3.05, 3.63) is 74.8 Å². The molecule has 0 unspecified atom stereocenters. The first-order valence-electron chi connectivity index (χ1n) is 22.0. The van der Waals surface area contributed by atoms with E-state index in [0.29, 0.717) is 18.9 Å². The Balaban J connectivity index is 0.00000722. The summed E-state index contributed by atoms with van der Waals surface area (Å²) in [6.07, 6.45) is -5.75. The van der Waals surface area contributed by atoms with Gasteiger partial charge in [-0.25, -0.2) is 14.6 Å². The lowest BCUT2D eigenvalue weighted by Crippen LogP contribution is -2.55. The Kier molecular flexibility index (Phi) is 16.4. The monoisotopic (exact) mass is 1020 g/mol. The van der Waals surface area contributed by atoms with Gasteiger partial charge in [-0.15, -0.1) is 4.91 Å². The summed E-state index contributed by atoms with van der Waals surface area (Å²) in [4.78, 5) is 86.2. The Hall–Kier alpha value is -5.48. The number of carbonyl (C=O) groups excluding carboxylic acids is 5. The van der Waals surface area contributed by atoms with Gasteiger partial charge in [-0.05, 0) is 24.2 Å². The summed E-state index contributed by atoms with van der Waals surface area (Å²) in [5, 5.41) is 40.0. The van der Waals surface area contributed by atoms with E-state index < -0.39 is 114 Å². The number of aromatic amines is 1. The lowest BCUT2D eigenvalue weighted by Gasteiger charge is -2.43. The molecule has 0 radical (unpaired) electrons. The highest BCUT2D eigenvalue weighted by atomic mass is 33.1. The first-order valence-corrected chi connectivity index (χ1v) is 24.3. The average molecular weight is 1020 g/mol. The van der Waals surface area contributed by atoms with Crippen molar-refractivity contribution >= 4 is 56.8 Å². The molecule has 3 aromatic rings. The smallest absolute Gasteiger partial charge is 0.409 e. The molecule has 3 saturated heterocycles. The molecule has 3 fully saturated rings. The number of carbonyl (C=O) groups is 5. The summed E-state index contributed by atoms with van der Waals surface area (Å²) in [7, 11) is 8.52. The number of likely N-dealkylation sites (N-methyl/N-ethyl adjacent to an activating group) is 2. The van der Waals surface area contributed by atoms with E-state index in [4.69, 9.17) is 37.9 Å². The van der Waals surface area contributed by atoms with Gasteiger partial charge in [0.1, 0.15) is 35.6 Å². The van der Waals surface area contributed by atoms with Crippen LogP contribution in [-0.4, -0.2) is 181 Å². The van der Waals surface area contributed by atoms with Crippen molar-refractivity contribution in [1.29, 1.82) is 0 Å². The van der Waals surface area contributed by atoms with Gasteiger partial charge in [-0.1, -0.05) is 22.9 Å². The van der Waals surface area contributed by atoms with Crippen molar-refractivity contribution in [3.8, 4) is 17.2 Å². The van der Waals surface area contributed by atoms with Crippen molar-refractivity contribution in [3.63, 3.8) is 0 Å². The van der Waals surface area contributed by atoms with E-state index in [1.54, 1.807) is 19.1 Å². The summed E-state index contributed by atoms with van der Waals surface area (Å²) in [5.41, 5.74) is -3.75. The van der Waals surface area contributed by atoms with E-state index in [0.717, 1.165) is 9.93 Å². The zero-order valence-corrected chi connectivity index (χ0v) is 40.3. The van der Waals surface area contributed by atoms with Crippen LogP contribution in [0.2, 0.25) is 0 Å². The van der Waals surface area contributed by atoms with Crippen molar-refractivity contribution in [1.82, 2.24) is 14.7 Å². The van der Waals surface area contributed by atoms with Crippen molar-refractivity contribution < 1.29 is 87.6 Å². The average Bonchev–Trinajstić information content (AvgIpc) is 3.74. The van der Waals surface area contributed by atoms with Gasteiger partial charge in [0.05, 0.1) is 42.6 Å². The van der Waals surface area contributed by atoms with Gasteiger partial charge in [0.25, 0.3) is 0 Å². The maximum atomic E-state index is 14.2. The Labute approximate surface area is 408 Å². The molecule has 0 spiro atoms. The second kappa shape index (κ2) is 21.9. The highest BCUT2D eigenvalue weighted by Crippen LogP contribution is 2.53. The number of nitrogens with one attached hydrogen (secondary N) is 1. The predicted molar refractivity (Wildman–Crippen MR) is 243 cm³/mol. The van der Waals surface area contributed by atoms with Gasteiger partial charge in [-0.2, -0.15) is 0 Å². The van der Waals surface area contributed by atoms with Gasteiger partial charge in [-0.3, -0.25) is 19.3 Å². The van der Waals surface area contributed by atoms with Crippen LogP contribution in [0.1, 0.15) is 68.8 Å². The lowest BCUT2D eigenvalue weighted by atomic mass is 9.72. The fourth-order valence-electron chi connectivity index (χ4n) is 9.29. The topological polar surface area (TPSA) is 303 Å². The number of pyridine rings is 1. The number of benzene rings is 2. The molecule has 5 N–H and O–H groups in total. The van der Waals surface area contributed by atoms with Crippen molar-refractivity contribution in [2.75, 3.05) is 73.5 Å². The zero-order chi connectivity index (χ0) is 49.3. The van der Waals surface area contributed by atoms with E-state index in [9.17, 15) is 44.2 Å². The van der Waals surface area contributed by atoms with Gasteiger partial charge in [0.15, 0.2) is 43.1 Å². The molecule has 70 heavy (non-hydrogen) atoms. The number of Topliss-reactive ketones (excluding diaryl/α,β-unsaturated/α-hetero) is 1. The number of ketones is 3. The predicted octanol–water partition coefficient (Wildman–Crippen LogP) is 3.33. The van der Waals surface area contributed by atoms with Crippen LogP contribution in [0.25, 0.3) is 0 Å². The maximum Gasteiger partial charge on any atom is 0.409 e. The molecule has 5 aliphatic rings. The number of aromatic hydroxyl groups is 2. The number of phenolic OH excluding ortho intramolecular Hbond substituents is 2. The second-order valence-corrected chi connectivity index (χ2v) is 19.5. The zero-order valence-electron chi connectivity index (χ0n) is 38.7. The number of hydrogen-bond acceptors (Lipinski definition) is 22. The summed E-state index contributed by atoms with van der Waals surface area (Å²) < 4.78 is 46.5. The quantitative estimate of drug-likeness (QED) is 0.0627. The van der Waals surface area contributed by atoms with Gasteiger partial charge in [0, 0.05) is 105 Å². The molecule has 3 aliphatic heterocycles. The van der Waals surface area contributed by atoms with Crippen LogP contribution in [-0.2, 0) is 44.4 Å². The van der Waals surface area contributed by atoms with Crippen LogP contribution in [0.15, 0.2) is 46.7 Å². The van der Waals surface area contributed by atoms with Gasteiger partial charge in [0.2, 0.25) is 16.6 Å². The van der Waals surface area contributed by atoms with Crippen LogP contribution in [0.4, 0.5) is 15.3 Å². The Morgan fingerprint density at radius 1 is 0.986 bits per heavy atom. The fourth-order valence-corrected chi connectivity index (χ4v) is 11.0. The molecule has 2 amide bonds. The first kappa shape index (κ1) is 52.3. The molecule has 25 heteroatoms. The third-order valence-electron chi connectivity index (χ3n) is 12.8. The summed E-state index contributed by atoms with van der Waals surface area (Å²) in [6, 6.07) is 7.38. The van der Waals surface area contributed by atoms with Crippen molar-refractivity contribution in [2.24, 2.45) is 5.18 Å². The van der Waals surface area contributed by atoms with Crippen LogP contribution in [0, 0.1) is 4.91 Å². The van der Waals surface area contributed by atoms with Gasteiger partial charge < -0.3 is 68.5 Å². The van der Waals surface area contributed by atoms with E-state index >= 15 is 0 Å². The number of H-pyrrole nitrogens is 1. The maximum absolute atomic E-state index is 14.2. The minimum absolute atomic E-state index is 0. The van der Waals surface area contributed by atoms with Crippen molar-refractivity contribution in [2.45, 2.75) is 80.0 Å². The van der Waals surface area contributed by atoms with Crippen LogP contribution < -0.4 is 9.72 Å². The number of ether oxygens (including phenoxy) is 8. The normalized spacial score (nSPS) is 25.5. The van der Waals surface area contributed by atoms with E-state index in [-0.39, 0.29) is 71.3 Å². The molecule has 0 saturated carbocycles. The highest BCUT2D eigenvalue weighted by molar-refractivity contribution is 8.76. The summed E-state index contributed by atoms with van der Waals surface area (Å²) in [5.74, 6) is -3.51. The number of phenols is 2. The van der Waals surface area contributed by atoms with Crippen LogP contribution in [0.5, 0.6) is 17.2 Å². The number of hydrogen-bond donors (Lipinski definition) is 3. The third kappa shape index (κ3) is 10.2. The molecule has 4 heterocycles. The summed E-state index contributed by atoms with van der Waals surface area (Å²) in [6.45, 7) is 1.85. The third-order valence-corrected chi connectivity index (χ3v) is 15.1. The standard InChI is InChI=1S/C45H51N5O17S2.H2O/c1-22-40-26(50-13-14-62-42(61-5)41(50)67-40)17-31(65-22)66-28-19-45(58,18-25-33(28)39(55)35-34(37(25)53)36(52)24-7-6-8-27(60-4)32(24)38(35)54)29(51)21-64-44(57)49(3)12-11-48(2)43(56)63-15-16-68-69-30-10-9-23(47-59)20-46-30;/h6-10,20,22,26,28,31,40-42,53,55,58H,11-19,21H2,1-5H3;1H2/t22-,26-,28-,31-,40+,41+,42-,45-;/m0./s1. The Morgan fingerprint density at radius 2 is 1.71 bits per heavy atom. The SMILES string of the molecule is COc1cccc2c1C(=O)c1c(O)c3c(c(O)c1C2=O)C[C@@](O)(C(=O)COC(=O)N(C)CCN(C)C(=O)OCCSSc1ccc(N=O)c[nH+]1)C[C@@H]3O[C@H]1C[C@H]2[C@H](O[C@@H]3[C@@H](OC)OCCN32)[C@H](C)O1.[OH-]. The first-order chi connectivity index (χ1) is 33.1. The molecule has 2 aliphatic carbocycles. The van der Waals surface area contributed by atoms with Crippen LogP contribution >= 0.6 is 21.6 Å². The molecular weight excluding hydrogens is 963 g/mol. The molecule has 8 rings (SSSR count). The molecule has 0 bridgehead atoms. The second-order valence-electron chi connectivity index (χ2n) is 17.0. The minimum atomic E-state index is -2.42. The molecular formula is C45H53N5O18S2. The number of morpholine rings is 1. The molecule has 23 nitrogen and oxygen atoms in total. The minimum Gasteiger partial charge on any atom is -0.870 e. The molecule has 2 aromatic carbocycles. The van der Waals surface area contributed by atoms with E-state index in [1.165, 1.54) is 79.2 Å². The number of nitroso groups, excluding NO2 is 1. The number of rotatable bonds is 16. The molecule has 1 aromatic heterocycles. The number of aromatic nitrogens is 1. The number of amides is 2. The fraction of sp³-hybridized carbons (Fsp3) is 0.511. The lowest BCUT2D eigenvalue weighted by molar-refractivity contribution is -0.425. The Bertz CT molecular complexity index is 2500. The molecule has 8 atom stereocenters. The number of nitrogens with zero attached hydrogens (tertiary/aromatic N) is 4. The number of fused-ring (bicyclic) bond motifs is 6.